The Balaban J connectivity index is 1.73. The van der Waals surface area contributed by atoms with E-state index in [2.05, 4.69) is 15.5 Å². The lowest BCUT2D eigenvalue weighted by atomic mass is 10.3. The molecule has 1 atom stereocenters. The number of hydrogen-bond acceptors (Lipinski definition) is 8. The molecule has 0 aliphatic carbocycles. The van der Waals surface area contributed by atoms with Crippen molar-refractivity contribution in [2.45, 2.75) is 17.3 Å². The molecule has 0 aliphatic rings. The van der Waals surface area contributed by atoms with Crippen LogP contribution < -0.4 is 20.5 Å². The zero-order chi connectivity index (χ0) is 16.7. The SMILES string of the molecule is COc1ccccc1OC[C@H](C)NC(=O)CSc1nnc(N)s1. The minimum Gasteiger partial charge on any atom is -0.493 e. The number of hydrogen-bond donors (Lipinski definition) is 2. The maximum absolute atomic E-state index is 11.9. The number of aromatic nitrogens is 2. The summed E-state index contributed by atoms with van der Waals surface area (Å²) in [6, 6.07) is 7.25. The van der Waals surface area contributed by atoms with Crippen molar-refractivity contribution in [1.29, 1.82) is 0 Å². The number of thioether (sulfide) groups is 1. The quantitative estimate of drug-likeness (QED) is 0.697. The smallest absolute Gasteiger partial charge is 0.230 e. The van der Waals surface area contributed by atoms with Crippen molar-refractivity contribution in [3.63, 3.8) is 0 Å². The molecule has 1 amide bonds. The van der Waals surface area contributed by atoms with Crippen molar-refractivity contribution >= 4 is 34.1 Å². The summed E-state index contributed by atoms with van der Waals surface area (Å²) in [5, 5.41) is 10.8. The average Bonchev–Trinajstić information content (AvgIpc) is 2.96. The molecule has 1 aromatic heterocycles. The molecule has 0 bridgehead atoms. The predicted molar refractivity (Wildman–Crippen MR) is 91.1 cm³/mol. The first-order chi connectivity index (χ1) is 11.1. The van der Waals surface area contributed by atoms with Gasteiger partial charge in [-0.3, -0.25) is 4.79 Å². The van der Waals surface area contributed by atoms with E-state index < -0.39 is 0 Å². The highest BCUT2D eigenvalue weighted by Crippen LogP contribution is 2.26. The van der Waals surface area contributed by atoms with Gasteiger partial charge in [-0.15, -0.1) is 10.2 Å². The molecule has 2 rings (SSSR count). The van der Waals surface area contributed by atoms with E-state index in [-0.39, 0.29) is 17.7 Å². The van der Waals surface area contributed by atoms with Crippen LogP contribution in [0.25, 0.3) is 0 Å². The number of rotatable bonds is 8. The Bertz CT molecular complexity index is 650. The number of nitrogens with one attached hydrogen (secondary N) is 1. The summed E-state index contributed by atoms with van der Waals surface area (Å²) in [6.45, 7) is 2.23. The molecule has 2 aromatic rings. The number of nitrogens with two attached hydrogens (primary N) is 1. The van der Waals surface area contributed by atoms with E-state index >= 15 is 0 Å². The second-order valence-corrected chi connectivity index (χ2v) is 6.86. The van der Waals surface area contributed by atoms with Gasteiger partial charge in [-0.2, -0.15) is 0 Å². The van der Waals surface area contributed by atoms with Crippen molar-refractivity contribution in [3.8, 4) is 11.5 Å². The number of anilines is 1. The molecule has 0 saturated heterocycles. The molecule has 0 unspecified atom stereocenters. The van der Waals surface area contributed by atoms with Gasteiger partial charge in [0.15, 0.2) is 15.8 Å². The van der Waals surface area contributed by atoms with Gasteiger partial charge in [-0.1, -0.05) is 35.2 Å². The zero-order valence-electron chi connectivity index (χ0n) is 12.8. The Morgan fingerprint density at radius 2 is 2.13 bits per heavy atom. The first kappa shape index (κ1) is 17.4. The van der Waals surface area contributed by atoms with E-state index in [1.54, 1.807) is 7.11 Å². The molecular formula is C14H18N4O3S2. The number of para-hydroxylation sites is 2. The van der Waals surface area contributed by atoms with Crippen molar-refractivity contribution in [1.82, 2.24) is 15.5 Å². The fraction of sp³-hybridized carbons (Fsp3) is 0.357. The van der Waals surface area contributed by atoms with E-state index in [0.717, 1.165) is 0 Å². The number of benzene rings is 1. The van der Waals surface area contributed by atoms with Gasteiger partial charge in [0.25, 0.3) is 0 Å². The molecular weight excluding hydrogens is 336 g/mol. The van der Waals surface area contributed by atoms with Crippen LogP contribution in [0, 0.1) is 0 Å². The standard InChI is InChI=1S/C14H18N4O3S2/c1-9(7-21-11-6-4-3-5-10(11)20-2)16-12(19)8-22-14-18-17-13(15)23-14/h3-6,9H,7-8H2,1-2H3,(H2,15,17)(H,16,19)/t9-/m0/s1. The molecule has 0 radical (unpaired) electrons. The van der Waals surface area contributed by atoms with Gasteiger partial charge in [0.1, 0.15) is 6.61 Å². The van der Waals surface area contributed by atoms with Crippen LogP contribution in [-0.4, -0.2) is 41.6 Å². The average molecular weight is 354 g/mol. The fourth-order valence-corrected chi connectivity index (χ4v) is 3.16. The summed E-state index contributed by atoms with van der Waals surface area (Å²) in [5.41, 5.74) is 5.49. The number of amides is 1. The summed E-state index contributed by atoms with van der Waals surface area (Å²) in [5.74, 6) is 1.47. The van der Waals surface area contributed by atoms with E-state index in [4.69, 9.17) is 15.2 Å². The first-order valence-electron chi connectivity index (χ1n) is 6.85. The third-order valence-corrected chi connectivity index (χ3v) is 4.60. The van der Waals surface area contributed by atoms with Crippen molar-refractivity contribution in [2.75, 3.05) is 25.2 Å². The number of nitrogens with zero attached hydrogens (tertiary/aromatic N) is 2. The van der Waals surface area contributed by atoms with Crippen LogP contribution in [0.15, 0.2) is 28.6 Å². The summed E-state index contributed by atoms with van der Waals surface area (Å²) in [4.78, 5) is 11.9. The number of nitrogen functional groups attached to an aromatic ring is 1. The van der Waals surface area contributed by atoms with Gasteiger partial charge in [0.2, 0.25) is 11.0 Å². The van der Waals surface area contributed by atoms with Gasteiger partial charge < -0.3 is 20.5 Å². The van der Waals surface area contributed by atoms with Crippen LogP contribution in [0.5, 0.6) is 11.5 Å². The predicted octanol–water partition coefficient (Wildman–Crippen LogP) is 1.80. The molecule has 9 heteroatoms. The third-order valence-electron chi connectivity index (χ3n) is 2.71. The maximum atomic E-state index is 11.9. The van der Waals surface area contributed by atoms with Gasteiger partial charge in [0, 0.05) is 0 Å². The number of ether oxygens (including phenoxy) is 2. The fourth-order valence-electron chi connectivity index (χ4n) is 1.72. The molecule has 0 spiro atoms. The lowest BCUT2D eigenvalue weighted by molar-refractivity contribution is -0.119. The summed E-state index contributed by atoms with van der Waals surface area (Å²) in [7, 11) is 1.59. The van der Waals surface area contributed by atoms with Crippen LogP contribution in [0.1, 0.15) is 6.92 Å². The second kappa shape index (κ2) is 8.59. The van der Waals surface area contributed by atoms with Gasteiger partial charge in [-0.25, -0.2) is 0 Å². The molecule has 0 aliphatic heterocycles. The number of methoxy groups -OCH3 is 1. The maximum Gasteiger partial charge on any atom is 0.230 e. The van der Waals surface area contributed by atoms with Gasteiger partial charge >= 0.3 is 0 Å². The van der Waals surface area contributed by atoms with Gasteiger partial charge in [0.05, 0.1) is 18.9 Å². The van der Waals surface area contributed by atoms with Crippen molar-refractivity contribution in [3.05, 3.63) is 24.3 Å². The molecule has 1 aromatic carbocycles. The minimum atomic E-state index is -0.132. The Morgan fingerprint density at radius 1 is 1.39 bits per heavy atom. The highest BCUT2D eigenvalue weighted by Gasteiger charge is 2.11. The van der Waals surface area contributed by atoms with E-state index in [1.807, 2.05) is 31.2 Å². The normalized spacial score (nSPS) is 11.7. The first-order valence-corrected chi connectivity index (χ1v) is 8.65. The molecule has 3 N–H and O–H groups in total. The third kappa shape index (κ3) is 5.61. The van der Waals surface area contributed by atoms with Crippen LogP contribution >= 0.6 is 23.1 Å². The monoisotopic (exact) mass is 354 g/mol. The molecule has 7 nitrogen and oxygen atoms in total. The van der Waals surface area contributed by atoms with E-state index in [1.165, 1.54) is 23.1 Å². The van der Waals surface area contributed by atoms with Crippen LogP contribution in [0.4, 0.5) is 5.13 Å². The number of carbonyl (C=O) groups excluding carboxylic acids is 1. The Kier molecular flexibility index (Phi) is 6.48. The Hall–Kier alpha value is -2.00. The van der Waals surface area contributed by atoms with Crippen molar-refractivity contribution < 1.29 is 14.3 Å². The summed E-state index contributed by atoms with van der Waals surface area (Å²) >= 11 is 2.56. The van der Waals surface area contributed by atoms with Crippen molar-refractivity contribution in [2.24, 2.45) is 0 Å². The minimum absolute atomic E-state index is 0.0973. The van der Waals surface area contributed by atoms with E-state index in [9.17, 15) is 4.79 Å². The molecule has 1 heterocycles. The number of carbonyl (C=O) groups is 1. The van der Waals surface area contributed by atoms with Crippen LogP contribution in [0.2, 0.25) is 0 Å². The molecule has 0 saturated carbocycles. The molecule has 0 fully saturated rings. The highest BCUT2D eigenvalue weighted by molar-refractivity contribution is 8.01. The Morgan fingerprint density at radius 3 is 2.78 bits per heavy atom. The largest absolute Gasteiger partial charge is 0.493 e. The topological polar surface area (TPSA) is 99.4 Å². The highest BCUT2D eigenvalue weighted by atomic mass is 32.2. The van der Waals surface area contributed by atoms with Crippen LogP contribution in [-0.2, 0) is 4.79 Å². The summed E-state index contributed by atoms with van der Waals surface area (Å²) in [6.07, 6.45) is 0. The molecule has 23 heavy (non-hydrogen) atoms. The summed E-state index contributed by atoms with van der Waals surface area (Å²) < 4.78 is 11.6. The Labute approximate surface area is 142 Å². The second-order valence-electron chi connectivity index (χ2n) is 4.63. The van der Waals surface area contributed by atoms with Crippen LogP contribution in [0.3, 0.4) is 0 Å². The zero-order valence-corrected chi connectivity index (χ0v) is 14.4. The molecule has 124 valence electrons. The van der Waals surface area contributed by atoms with Gasteiger partial charge in [-0.05, 0) is 19.1 Å². The van der Waals surface area contributed by atoms with E-state index in [0.29, 0.717) is 27.6 Å². The lowest BCUT2D eigenvalue weighted by Crippen LogP contribution is -2.37. The lowest BCUT2D eigenvalue weighted by Gasteiger charge is -2.16.